The fourth-order valence-corrected chi connectivity index (χ4v) is 4.72. The largest absolute Gasteiger partial charge is 0.351 e. The van der Waals surface area contributed by atoms with Crippen LogP contribution in [0.4, 0.5) is 0 Å². The molecule has 3 aromatic heterocycles. The number of aromatic nitrogens is 3. The zero-order valence-electron chi connectivity index (χ0n) is 18.1. The second-order valence-corrected chi connectivity index (χ2v) is 9.21. The van der Waals surface area contributed by atoms with E-state index in [0.717, 1.165) is 42.5 Å². The van der Waals surface area contributed by atoms with Gasteiger partial charge >= 0.3 is 0 Å². The van der Waals surface area contributed by atoms with E-state index >= 15 is 0 Å². The molecule has 0 radical (unpaired) electrons. The SMILES string of the molecule is CC(C)CC(CNC(=O)c1cn(C[C@H]2CCCN2)c2nccc(Cl)c12)c1cccnc1. The molecule has 164 valence electrons. The summed E-state index contributed by atoms with van der Waals surface area (Å²) in [6.07, 6.45) is 10.6. The van der Waals surface area contributed by atoms with Crippen LogP contribution in [0.3, 0.4) is 0 Å². The fraction of sp³-hybridized carbons (Fsp3) is 0.458. The summed E-state index contributed by atoms with van der Waals surface area (Å²) in [4.78, 5) is 22.0. The minimum Gasteiger partial charge on any atom is -0.351 e. The van der Waals surface area contributed by atoms with Gasteiger partial charge in [0, 0.05) is 49.8 Å². The first kappa shape index (κ1) is 21.8. The van der Waals surface area contributed by atoms with Crippen LogP contribution < -0.4 is 10.6 Å². The fourth-order valence-electron chi connectivity index (χ4n) is 4.47. The Hall–Kier alpha value is -2.44. The van der Waals surface area contributed by atoms with Gasteiger partial charge in [-0.1, -0.05) is 31.5 Å². The molecule has 2 atom stereocenters. The molecule has 0 aliphatic carbocycles. The van der Waals surface area contributed by atoms with Crippen molar-refractivity contribution >= 4 is 28.5 Å². The van der Waals surface area contributed by atoms with Gasteiger partial charge in [-0.2, -0.15) is 0 Å². The smallest absolute Gasteiger partial charge is 0.253 e. The number of hydrogen-bond acceptors (Lipinski definition) is 4. The maximum absolute atomic E-state index is 13.2. The average Bonchev–Trinajstić information content (AvgIpc) is 3.40. The van der Waals surface area contributed by atoms with Gasteiger partial charge in [-0.05, 0) is 49.4 Å². The van der Waals surface area contributed by atoms with Crippen molar-refractivity contribution < 1.29 is 4.79 Å². The minimum absolute atomic E-state index is 0.115. The molecule has 1 aliphatic heterocycles. The summed E-state index contributed by atoms with van der Waals surface area (Å²) in [7, 11) is 0. The monoisotopic (exact) mass is 439 g/mol. The van der Waals surface area contributed by atoms with Crippen LogP contribution in [0.5, 0.6) is 0 Å². The maximum Gasteiger partial charge on any atom is 0.253 e. The van der Waals surface area contributed by atoms with Crippen molar-refractivity contribution in [2.45, 2.75) is 51.6 Å². The summed E-state index contributed by atoms with van der Waals surface area (Å²) in [5.41, 5.74) is 2.49. The molecule has 2 N–H and O–H groups in total. The summed E-state index contributed by atoms with van der Waals surface area (Å²) < 4.78 is 2.06. The molecule has 1 amide bonds. The van der Waals surface area contributed by atoms with E-state index < -0.39 is 0 Å². The summed E-state index contributed by atoms with van der Waals surface area (Å²) in [6, 6.07) is 6.16. The molecule has 1 saturated heterocycles. The van der Waals surface area contributed by atoms with Crippen LogP contribution in [-0.2, 0) is 6.54 Å². The van der Waals surface area contributed by atoms with Crippen LogP contribution in [0.2, 0.25) is 5.02 Å². The third-order valence-electron chi connectivity index (χ3n) is 5.95. The van der Waals surface area contributed by atoms with Gasteiger partial charge in [0.25, 0.3) is 5.91 Å². The van der Waals surface area contributed by atoms with E-state index in [0.29, 0.717) is 29.1 Å². The Morgan fingerprint density at radius 3 is 2.94 bits per heavy atom. The normalized spacial score (nSPS) is 17.4. The Morgan fingerprint density at radius 2 is 2.23 bits per heavy atom. The molecule has 6 nitrogen and oxygen atoms in total. The van der Waals surface area contributed by atoms with Crippen molar-refractivity contribution in [1.29, 1.82) is 0 Å². The summed E-state index contributed by atoms with van der Waals surface area (Å²) >= 11 is 6.51. The van der Waals surface area contributed by atoms with Gasteiger partial charge in [0.15, 0.2) is 0 Å². The quantitative estimate of drug-likeness (QED) is 0.545. The third kappa shape index (κ3) is 5.08. The van der Waals surface area contributed by atoms with E-state index in [2.05, 4.69) is 45.1 Å². The van der Waals surface area contributed by atoms with Crippen molar-refractivity contribution in [2.24, 2.45) is 5.92 Å². The molecule has 1 aliphatic rings. The Balaban J connectivity index is 1.56. The lowest BCUT2D eigenvalue weighted by Gasteiger charge is -2.19. The number of nitrogens with one attached hydrogen (secondary N) is 2. The van der Waals surface area contributed by atoms with Gasteiger partial charge in [-0.15, -0.1) is 0 Å². The zero-order chi connectivity index (χ0) is 21.8. The average molecular weight is 440 g/mol. The summed E-state index contributed by atoms with van der Waals surface area (Å²) in [5, 5.41) is 7.94. The third-order valence-corrected chi connectivity index (χ3v) is 6.27. The molecule has 7 heteroatoms. The zero-order valence-corrected chi connectivity index (χ0v) is 18.9. The van der Waals surface area contributed by atoms with Crippen LogP contribution in [0.1, 0.15) is 54.9 Å². The first-order valence-electron chi connectivity index (χ1n) is 11.1. The van der Waals surface area contributed by atoms with Gasteiger partial charge in [-0.3, -0.25) is 9.78 Å². The molecule has 0 aromatic carbocycles. The molecule has 0 saturated carbocycles. The number of rotatable bonds is 8. The van der Waals surface area contributed by atoms with Crippen LogP contribution in [0.15, 0.2) is 43.0 Å². The van der Waals surface area contributed by atoms with Crippen molar-refractivity contribution in [3.05, 3.63) is 59.1 Å². The highest BCUT2D eigenvalue weighted by molar-refractivity contribution is 6.36. The second kappa shape index (κ2) is 9.79. The first-order chi connectivity index (χ1) is 15.0. The molecule has 1 unspecified atom stereocenters. The molecule has 1 fully saturated rings. The van der Waals surface area contributed by atoms with Crippen molar-refractivity contribution in [2.75, 3.05) is 13.1 Å². The van der Waals surface area contributed by atoms with Gasteiger partial charge in [-0.25, -0.2) is 4.98 Å². The highest BCUT2D eigenvalue weighted by Crippen LogP contribution is 2.28. The number of carbonyl (C=O) groups is 1. The van der Waals surface area contributed by atoms with Gasteiger partial charge < -0.3 is 15.2 Å². The Labute approximate surface area is 188 Å². The highest BCUT2D eigenvalue weighted by atomic mass is 35.5. The molecule has 0 bridgehead atoms. The Morgan fingerprint density at radius 1 is 1.35 bits per heavy atom. The standard InChI is InChI=1S/C24H30ClN5O/c1-16(2)11-18(17-5-3-8-26-12-17)13-29-24(31)20-15-30(14-19-6-4-9-27-19)23-22(20)21(25)7-10-28-23/h3,5,7-8,10,12,15-16,18-19,27H,4,6,9,11,13-14H2,1-2H3,(H,29,31)/t18?,19-/m1/s1. The minimum atomic E-state index is -0.115. The highest BCUT2D eigenvalue weighted by Gasteiger charge is 2.23. The number of fused-ring (bicyclic) bond motifs is 1. The van der Waals surface area contributed by atoms with Crippen molar-refractivity contribution in [1.82, 2.24) is 25.2 Å². The maximum atomic E-state index is 13.2. The number of carbonyl (C=O) groups excluding carboxylic acids is 1. The van der Waals surface area contributed by atoms with Crippen molar-refractivity contribution in [3.63, 3.8) is 0 Å². The van der Waals surface area contributed by atoms with Crippen LogP contribution in [-0.4, -0.2) is 39.6 Å². The number of amides is 1. The molecule has 4 heterocycles. The van der Waals surface area contributed by atoms with E-state index in [-0.39, 0.29) is 11.8 Å². The molecule has 31 heavy (non-hydrogen) atoms. The number of pyridine rings is 2. The van der Waals surface area contributed by atoms with E-state index in [9.17, 15) is 4.79 Å². The lowest BCUT2D eigenvalue weighted by molar-refractivity contribution is 0.0951. The van der Waals surface area contributed by atoms with Crippen LogP contribution >= 0.6 is 11.6 Å². The van der Waals surface area contributed by atoms with E-state index in [4.69, 9.17) is 11.6 Å². The number of halogens is 1. The molecular formula is C24H30ClN5O. The Bertz CT molecular complexity index is 1030. The predicted molar refractivity (Wildman–Crippen MR) is 125 cm³/mol. The lowest BCUT2D eigenvalue weighted by atomic mass is 9.91. The molecule has 4 rings (SSSR count). The summed E-state index contributed by atoms with van der Waals surface area (Å²) in [6.45, 7) is 6.76. The van der Waals surface area contributed by atoms with E-state index in [1.807, 2.05) is 18.5 Å². The number of hydrogen-bond donors (Lipinski definition) is 2. The molecule has 0 spiro atoms. The van der Waals surface area contributed by atoms with Gasteiger partial charge in [0.1, 0.15) is 5.65 Å². The predicted octanol–water partition coefficient (Wildman–Crippen LogP) is 4.40. The molecular weight excluding hydrogens is 410 g/mol. The van der Waals surface area contributed by atoms with E-state index in [1.54, 1.807) is 18.5 Å². The topological polar surface area (TPSA) is 71.8 Å². The lowest BCUT2D eigenvalue weighted by Crippen LogP contribution is -2.29. The molecule has 3 aromatic rings. The summed E-state index contributed by atoms with van der Waals surface area (Å²) in [5.74, 6) is 0.611. The van der Waals surface area contributed by atoms with Gasteiger partial charge in [0.05, 0.1) is 16.0 Å². The second-order valence-electron chi connectivity index (χ2n) is 8.80. The van der Waals surface area contributed by atoms with Crippen LogP contribution in [0, 0.1) is 5.92 Å². The number of nitrogens with zero attached hydrogens (tertiary/aromatic N) is 3. The van der Waals surface area contributed by atoms with Gasteiger partial charge in [0.2, 0.25) is 0 Å². The van der Waals surface area contributed by atoms with Crippen LogP contribution in [0.25, 0.3) is 11.0 Å². The first-order valence-corrected chi connectivity index (χ1v) is 11.5. The Kier molecular flexibility index (Phi) is 6.88. The van der Waals surface area contributed by atoms with E-state index in [1.165, 1.54) is 6.42 Å². The van der Waals surface area contributed by atoms with Crippen molar-refractivity contribution in [3.8, 4) is 0 Å².